The summed E-state index contributed by atoms with van der Waals surface area (Å²) in [7, 11) is 0. The Morgan fingerprint density at radius 1 is 0.842 bits per heavy atom. The van der Waals surface area contributed by atoms with Gasteiger partial charge in [0.15, 0.2) is 5.78 Å². The van der Waals surface area contributed by atoms with Crippen LogP contribution >= 0.6 is 12.2 Å². The molecular formula is C17H12OS. The van der Waals surface area contributed by atoms with Crippen molar-refractivity contribution in [3.63, 3.8) is 0 Å². The van der Waals surface area contributed by atoms with E-state index >= 15 is 0 Å². The van der Waals surface area contributed by atoms with Gasteiger partial charge in [-0.15, -0.1) is 0 Å². The summed E-state index contributed by atoms with van der Waals surface area (Å²) in [6, 6.07) is 17.3. The first-order chi connectivity index (χ1) is 9.20. The number of Topliss-reactive ketones (excluding diaryl/α,β-unsaturated/α-hetero) is 1. The molecule has 0 unspecified atom stereocenters. The summed E-state index contributed by atoms with van der Waals surface area (Å²) < 4.78 is 0. The second kappa shape index (κ2) is 4.56. The SMILES string of the molecule is CC1=C(c2ccccc2)C(=O)c2ccccc2C1=S. The summed E-state index contributed by atoms with van der Waals surface area (Å²) in [6.07, 6.45) is 0. The van der Waals surface area contributed by atoms with Gasteiger partial charge in [0, 0.05) is 21.6 Å². The van der Waals surface area contributed by atoms with Gasteiger partial charge >= 0.3 is 0 Å². The van der Waals surface area contributed by atoms with Crippen LogP contribution in [0.15, 0.2) is 60.2 Å². The number of carbonyl (C=O) groups excluding carboxylic acids is 1. The molecule has 3 rings (SSSR count). The van der Waals surface area contributed by atoms with Crippen molar-refractivity contribution in [3.05, 3.63) is 76.9 Å². The Kier molecular flexibility index (Phi) is 2.88. The van der Waals surface area contributed by atoms with Crippen LogP contribution in [0.25, 0.3) is 5.57 Å². The first-order valence-electron chi connectivity index (χ1n) is 6.15. The van der Waals surface area contributed by atoms with Gasteiger partial charge in [-0.3, -0.25) is 4.79 Å². The van der Waals surface area contributed by atoms with Crippen LogP contribution in [-0.2, 0) is 0 Å². The fraction of sp³-hybridized carbons (Fsp3) is 0.0588. The number of fused-ring (bicyclic) bond motifs is 1. The molecule has 0 saturated heterocycles. The lowest BCUT2D eigenvalue weighted by molar-refractivity contribution is 0.105. The second-order valence-electron chi connectivity index (χ2n) is 4.57. The number of carbonyl (C=O) groups is 1. The number of benzene rings is 2. The van der Waals surface area contributed by atoms with E-state index in [0.29, 0.717) is 5.56 Å². The van der Waals surface area contributed by atoms with Gasteiger partial charge in [-0.25, -0.2) is 0 Å². The molecule has 1 aliphatic carbocycles. The van der Waals surface area contributed by atoms with Gasteiger partial charge in [-0.2, -0.15) is 0 Å². The van der Waals surface area contributed by atoms with Gasteiger partial charge in [0.25, 0.3) is 0 Å². The summed E-state index contributed by atoms with van der Waals surface area (Å²) in [5, 5.41) is 0. The Labute approximate surface area is 117 Å². The van der Waals surface area contributed by atoms with E-state index in [2.05, 4.69) is 0 Å². The Morgan fingerprint density at radius 2 is 1.42 bits per heavy atom. The van der Waals surface area contributed by atoms with Crippen molar-refractivity contribution >= 4 is 28.4 Å². The Bertz CT molecular complexity index is 711. The van der Waals surface area contributed by atoms with E-state index in [-0.39, 0.29) is 5.78 Å². The van der Waals surface area contributed by atoms with Crippen LogP contribution in [0, 0.1) is 0 Å². The minimum atomic E-state index is 0.0629. The molecule has 0 N–H and O–H groups in total. The molecule has 92 valence electrons. The fourth-order valence-corrected chi connectivity index (χ4v) is 2.73. The maximum atomic E-state index is 12.7. The van der Waals surface area contributed by atoms with Crippen LogP contribution < -0.4 is 0 Å². The second-order valence-corrected chi connectivity index (χ2v) is 4.98. The van der Waals surface area contributed by atoms with Gasteiger partial charge < -0.3 is 0 Å². The first kappa shape index (κ1) is 12.0. The van der Waals surface area contributed by atoms with Crippen LogP contribution in [0.3, 0.4) is 0 Å². The van der Waals surface area contributed by atoms with Crippen molar-refractivity contribution in [2.75, 3.05) is 0 Å². The molecule has 0 bridgehead atoms. The molecule has 0 radical (unpaired) electrons. The molecule has 0 aromatic heterocycles. The molecule has 2 aromatic carbocycles. The number of ketones is 1. The number of thiocarbonyl (C=S) groups is 1. The summed E-state index contributed by atoms with van der Waals surface area (Å²) in [5.74, 6) is 0.0629. The molecule has 2 heteroatoms. The molecule has 0 fully saturated rings. The van der Waals surface area contributed by atoms with Crippen LogP contribution in [0.4, 0.5) is 0 Å². The monoisotopic (exact) mass is 264 g/mol. The Morgan fingerprint density at radius 3 is 2.11 bits per heavy atom. The average molecular weight is 264 g/mol. The zero-order chi connectivity index (χ0) is 13.4. The Balaban J connectivity index is 2.25. The minimum absolute atomic E-state index is 0.0629. The highest BCUT2D eigenvalue weighted by Gasteiger charge is 2.27. The summed E-state index contributed by atoms with van der Waals surface area (Å²) in [4.78, 5) is 13.4. The van der Waals surface area contributed by atoms with Crippen molar-refractivity contribution in [1.82, 2.24) is 0 Å². The number of rotatable bonds is 1. The third-order valence-electron chi connectivity index (χ3n) is 3.42. The van der Waals surface area contributed by atoms with Crippen LogP contribution in [-0.4, -0.2) is 10.6 Å². The van der Waals surface area contributed by atoms with Crippen molar-refractivity contribution in [2.45, 2.75) is 6.92 Å². The first-order valence-corrected chi connectivity index (χ1v) is 6.55. The lowest BCUT2D eigenvalue weighted by atomic mass is 9.82. The molecule has 0 saturated carbocycles. The van der Waals surface area contributed by atoms with Gasteiger partial charge in [0.2, 0.25) is 0 Å². The standard InChI is InChI=1S/C17H12OS/c1-11-15(12-7-3-2-4-8-12)16(18)13-9-5-6-10-14(13)17(11)19/h2-10H,1H3. The highest BCUT2D eigenvalue weighted by molar-refractivity contribution is 7.81. The summed E-state index contributed by atoms with van der Waals surface area (Å²) in [6.45, 7) is 1.93. The number of hydrogen-bond acceptors (Lipinski definition) is 2. The molecule has 19 heavy (non-hydrogen) atoms. The van der Waals surface area contributed by atoms with E-state index in [1.54, 1.807) is 0 Å². The average Bonchev–Trinajstić information content (AvgIpc) is 2.46. The zero-order valence-corrected chi connectivity index (χ0v) is 11.3. The number of hydrogen-bond donors (Lipinski definition) is 0. The van der Waals surface area contributed by atoms with Crippen LogP contribution in [0.2, 0.25) is 0 Å². The van der Waals surface area contributed by atoms with E-state index < -0.39 is 0 Å². The van der Waals surface area contributed by atoms with Gasteiger partial charge in [-0.1, -0.05) is 66.8 Å². The highest BCUT2D eigenvalue weighted by atomic mass is 32.1. The predicted molar refractivity (Wildman–Crippen MR) is 81.5 cm³/mol. The van der Waals surface area contributed by atoms with E-state index in [9.17, 15) is 4.79 Å². The zero-order valence-electron chi connectivity index (χ0n) is 10.5. The van der Waals surface area contributed by atoms with Gasteiger partial charge in [-0.05, 0) is 18.1 Å². The van der Waals surface area contributed by atoms with E-state index in [4.69, 9.17) is 12.2 Å². The van der Waals surface area contributed by atoms with Crippen molar-refractivity contribution in [1.29, 1.82) is 0 Å². The topological polar surface area (TPSA) is 17.1 Å². The minimum Gasteiger partial charge on any atom is -0.289 e. The lowest BCUT2D eigenvalue weighted by Crippen LogP contribution is -2.19. The fourth-order valence-electron chi connectivity index (χ4n) is 2.45. The summed E-state index contributed by atoms with van der Waals surface area (Å²) in [5.41, 5.74) is 4.13. The molecule has 0 spiro atoms. The van der Waals surface area contributed by atoms with Crippen LogP contribution in [0.5, 0.6) is 0 Å². The maximum Gasteiger partial charge on any atom is 0.194 e. The smallest absolute Gasteiger partial charge is 0.194 e. The van der Waals surface area contributed by atoms with Crippen LogP contribution in [0.1, 0.15) is 28.4 Å². The quantitative estimate of drug-likeness (QED) is 0.722. The molecule has 0 atom stereocenters. The summed E-state index contributed by atoms with van der Waals surface area (Å²) >= 11 is 5.50. The van der Waals surface area contributed by atoms with E-state index in [1.165, 1.54) is 0 Å². The maximum absolute atomic E-state index is 12.7. The van der Waals surface area contributed by atoms with Gasteiger partial charge in [0.1, 0.15) is 0 Å². The van der Waals surface area contributed by atoms with Gasteiger partial charge in [0.05, 0.1) is 0 Å². The lowest BCUT2D eigenvalue weighted by Gasteiger charge is -2.21. The number of allylic oxidation sites excluding steroid dienone is 2. The van der Waals surface area contributed by atoms with Crippen molar-refractivity contribution in [2.24, 2.45) is 0 Å². The normalized spacial score (nSPS) is 14.6. The molecule has 0 amide bonds. The molecule has 1 aliphatic rings. The molecule has 1 nitrogen and oxygen atoms in total. The molecule has 0 aliphatic heterocycles. The molecule has 2 aromatic rings. The predicted octanol–water partition coefficient (Wildman–Crippen LogP) is 4.07. The van der Waals surface area contributed by atoms with Crippen molar-refractivity contribution in [3.8, 4) is 0 Å². The third kappa shape index (κ3) is 1.85. The Hall–Kier alpha value is -2.06. The highest BCUT2D eigenvalue weighted by Crippen LogP contribution is 2.32. The van der Waals surface area contributed by atoms with E-state index in [1.807, 2.05) is 61.5 Å². The van der Waals surface area contributed by atoms with Crippen molar-refractivity contribution < 1.29 is 4.79 Å². The third-order valence-corrected chi connectivity index (χ3v) is 3.95. The largest absolute Gasteiger partial charge is 0.289 e. The molecular weight excluding hydrogens is 252 g/mol. The molecule has 0 heterocycles. The van der Waals surface area contributed by atoms with E-state index in [0.717, 1.165) is 27.1 Å².